The zero-order valence-corrected chi connectivity index (χ0v) is 11.3. The Balaban J connectivity index is 2.12. The van der Waals surface area contributed by atoms with Gasteiger partial charge in [-0.3, -0.25) is 0 Å². The minimum atomic E-state index is 0.419. The summed E-state index contributed by atoms with van der Waals surface area (Å²) in [5.41, 5.74) is 3.06. The molecule has 96 valence electrons. The molecule has 0 aromatic heterocycles. The van der Waals surface area contributed by atoms with E-state index in [-0.39, 0.29) is 0 Å². The predicted molar refractivity (Wildman–Crippen MR) is 72.8 cm³/mol. The van der Waals surface area contributed by atoms with E-state index in [0.29, 0.717) is 12.5 Å². The normalized spacial score (nSPS) is 14.9. The minimum Gasteiger partial charge on any atom is -0.458 e. The van der Waals surface area contributed by atoms with Crippen LogP contribution in [0.4, 0.5) is 0 Å². The number of methoxy groups -OCH3 is 1. The topological polar surface area (TPSA) is 30.5 Å². The number of halogens is 1. The first-order valence-electron chi connectivity index (χ1n) is 5.73. The molecule has 1 aliphatic rings. The average molecular weight is 266 g/mol. The lowest BCUT2D eigenvalue weighted by molar-refractivity contribution is 0.185. The average Bonchev–Trinajstić information content (AvgIpc) is 2.40. The fraction of sp³-hybridized carbons (Fsp3) is 0.286. The van der Waals surface area contributed by atoms with E-state index in [2.05, 4.69) is 5.32 Å². The second-order valence-electron chi connectivity index (χ2n) is 4.05. The van der Waals surface area contributed by atoms with Gasteiger partial charge >= 0.3 is 0 Å². The van der Waals surface area contributed by atoms with E-state index in [9.17, 15) is 0 Å². The van der Waals surface area contributed by atoms with Crippen LogP contribution in [0.15, 0.2) is 41.9 Å². The smallest absolute Gasteiger partial charge is 0.150 e. The van der Waals surface area contributed by atoms with Crippen molar-refractivity contribution in [3.8, 4) is 0 Å². The lowest BCUT2D eigenvalue weighted by Crippen LogP contribution is -2.16. The van der Waals surface area contributed by atoms with Crippen LogP contribution in [0.5, 0.6) is 0 Å². The second-order valence-corrected chi connectivity index (χ2v) is 4.32. The number of allylic oxidation sites excluding steroid dienone is 2. The fourth-order valence-corrected chi connectivity index (χ4v) is 1.98. The maximum Gasteiger partial charge on any atom is 0.150 e. The first-order chi connectivity index (χ1) is 8.74. The van der Waals surface area contributed by atoms with Crippen LogP contribution >= 0.6 is 11.6 Å². The highest BCUT2D eigenvalue weighted by atomic mass is 35.5. The van der Waals surface area contributed by atoms with E-state index in [1.165, 1.54) is 0 Å². The quantitative estimate of drug-likeness (QED) is 0.848. The number of alkyl halides is 1. The Labute approximate surface area is 112 Å². The molecule has 1 aromatic carbocycles. The van der Waals surface area contributed by atoms with Crippen molar-refractivity contribution in [3.05, 3.63) is 53.0 Å². The lowest BCUT2D eigenvalue weighted by Gasteiger charge is -2.19. The molecular weight excluding hydrogens is 250 g/mol. The molecule has 0 saturated carbocycles. The summed E-state index contributed by atoms with van der Waals surface area (Å²) in [6, 6.07) is 8.08. The van der Waals surface area contributed by atoms with Gasteiger partial charge in [-0.1, -0.05) is 24.3 Å². The van der Waals surface area contributed by atoms with Crippen molar-refractivity contribution < 1.29 is 9.47 Å². The van der Waals surface area contributed by atoms with Crippen LogP contribution < -0.4 is 5.32 Å². The molecule has 0 fully saturated rings. The molecule has 1 aliphatic heterocycles. The molecule has 1 N–H and O–H groups in total. The highest BCUT2D eigenvalue weighted by Crippen LogP contribution is 2.24. The van der Waals surface area contributed by atoms with Crippen molar-refractivity contribution in [3.63, 3.8) is 0 Å². The van der Waals surface area contributed by atoms with Gasteiger partial charge in [0.25, 0.3) is 0 Å². The van der Waals surface area contributed by atoms with Gasteiger partial charge in [0.15, 0.2) is 0 Å². The van der Waals surface area contributed by atoms with Crippen LogP contribution in [0.3, 0.4) is 0 Å². The summed E-state index contributed by atoms with van der Waals surface area (Å²) < 4.78 is 10.8. The number of ether oxygens (including phenoxy) is 2. The maximum absolute atomic E-state index is 5.78. The monoisotopic (exact) mass is 265 g/mol. The van der Waals surface area contributed by atoms with E-state index in [1.54, 1.807) is 7.11 Å². The molecule has 0 unspecified atom stereocenters. The van der Waals surface area contributed by atoms with Gasteiger partial charge in [-0.25, -0.2) is 0 Å². The van der Waals surface area contributed by atoms with Crippen molar-refractivity contribution in [1.82, 2.24) is 5.32 Å². The predicted octanol–water partition coefficient (Wildman–Crippen LogP) is 3.22. The van der Waals surface area contributed by atoms with E-state index in [0.717, 1.165) is 28.3 Å². The molecule has 18 heavy (non-hydrogen) atoms. The molecule has 0 saturated heterocycles. The Kier molecular flexibility index (Phi) is 4.28. The molecule has 2 rings (SSSR count). The Morgan fingerprint density at radius 1 is 1.28 bits per heavy atom. The molecule has 0 spiro atoms. The van der Waals surface area contributed by atoms with Crippen LogP contribution in [-0.2, 0) is 16.1 Å². The van der Waals surface area contributed by atoms with Crippen LogP contribution in [0.1, 0.15) is 18.1 Å². The van der Waals surface area contributed by atoms with Crippen LogP contribution in [0.2, 0.25) is 0 Å². The molecular formula is C14H16ClNO2. The van der Waals surface area contributed by atoms with Gasteiger partial charge in [0, 0.05) is 18.9 Å². The summed E-state index contributed by atoms with van der Waals surface area (Å²) in [5, 5.41) is 3.14. The van der Waals surface area contributed by atoms with Crippen molar-refractivity contribution in [2.75, 3.05) is 13.0 Å². The van der Waals surface area contributed by atoms with Gasteiger partial charge in [0.05, 0.1) is 18.2 Å². The van der Waals surface area contributed by atoms with Crippen molar-refractivity contribution in [2.45, 2.75) is 13.5 Å². The first-order valence-corrected chi connectivity index (χ1v) is 6.26. The number of nitrogens with one attached hydrogen (secondary N) is 1. The van der Waals surface area contributed by atoms with Gasteiger partial charge in [0.2, 0.25) is 0 Å². The Hall–Kier alpha value is -1.45. The van der Waals surface area contributed by atoms with E-state index < -0.39 is 0 Å². The van der Waals surface area contributed by atoms with Crippen LogP contribution in [0, 0.1) is 0 Å². The summed E-state index contributed by atoms with van der Waals surface area (Å²) in [6.07, 6.45) is 1.83. The second kappa shape index (κ2) is 5.94. The van der Waals surface area contributed by atoms with Crippen LogP contribution in [0.25, 0.3) is 5.76 Å². The summed E-state index contributed by atoms with van der Waals surface area (Å²) in [5.74, 6) is 2.02. The summed E-state index contributed by atoms with van der Waals surface area (Å²) in [7, 11) is 1.69. The third-order valence-corrected chi connectivity index (χ3v) is 3.02. The highest BCUT2D eigenvalue weighted by Gasteiger charge is 2.12. The number of hydrogen-bond donors (Lipinski definition) is 1. The summed E-state index contributed by atoms with van der Waals surface area (Å²) in [4.78, 5) is 0. The molecule has 3 nitrogen and oxygen atoms in total. The van der Waals surface area contributed by atoms with Crippen molar-refractivity contribution >= 4 is 17.4 Å². The molecule has 0 atom stereocenters. The van der Waals surface area contributed by atoms with Gasteiger partial charge < -0.3 is 14.8 Å². The van der Waals surface area contributed by atoms with Crippen molar-refractivity contribution in [1.29, 1.82) is 0 Å². The lowest BCUT2D eigenvalue weighted by atomic mass is 10.1. The Bertz CT molecular complexity index is 477. The van der Waals surface area contributed by atoms with Gasteiger partial charge in [-0.15, -0.1) is 11.6 Å². The molecule has 0 radical (unpaired) electrons. The van der Waals surface area contributed by atoms with E-state index in [1.807, 2.05) is 37.4 Å². The number of rotatable bonds is 4. The van der Waals surface area contributed by atoms with Crippen LogP contribution in [-0.4, -0.2) is 13.0 Å². The Morgan fingerprint density at radius 2 is 2.00 bits per heavy atom. The standard InChI is InChI=1S/C14H16ClNO2/c1-10-13(7-15)16-8-14(18-10)12-5-3-11(4-6-12)9-17-2/h3-6,8,16H,7,9H2,1-2H3. The fourth-order valence-electron chi connectivity index (χ4n) is 1.72. The van der Waals surface area contributed by atoms with Gasteiger partial charge in [-0.2, -0.15) is 0 Å². The summed E-state index contributed by atoms with van der Waals surface area (Å²) in [6.45, 7) is 2.52. The molecule has 0 bridgehead atoms. The van der Waals surface area contributed by atoms with Crippen molar-refractivity contribution in [2.24, 2.45) is 0 Å². The molecule has 1 heterocycles. The van der Waals surface area contributed by atoms with Gasteiger partial charge in [0.1, 0.15) is 11.5 Å². The SMILES string of the molecule is COCc1ccc(C2=CNC(CCl)=C(C)O2)cc1. The zero-order chi connectivity index (χ0) is 13.0. The van der Waals surface area contributed by atoms with E-state index in [4.69, 9.17) is 21.1 Å². The third-order valence-electron chi connectivity index (χ3n) is 2.75. The molecule has 0 amide bonds. The first kappa shape index (κ1) is 13.0. The van der Waals surface area contributed by atoms with E-state index >= 15 is 0 Å². The number of benzene rings is 1. The molecule has 0 aliphatic carbocycles. The third kappa shape index (κ3) is 2.86. The largest absolute Gasteiger partial charge is 0.458 e. The number of hydrogen-bond acceptors (Lipinski definition) is 3. The molecule has 4 heteroatoms. The highest BCUT2D eigenvalue weighted by molar-refractivity contribution is 6.19. The van der Waals surface area contributed by atoms with Gasteiger partial charge in [-0.05, 0) is 12.5 Å². The Morgan fingerprint density at radius 3 is 2.56 bits per heavy atom. The summed E-state index contributed by atoms with van der Waals surface area (Å²) >= 11 is 5.78. The zero-order valence-electron chi connectivity index (χ0n) is 10.5. The maximum atomic E-state index is 5.78. The minimum absolute atomic E-state index is 0.419. The molecule has 1 aromatic rings.